The molecule has 0 saturated heterocycles. The van der Waals surface area contributed by atoms with Crippen molar-refractivity contribution < 1.29 is 9.53 Å². The molecule has 5 heteroatoms. The minimum atomic E-state index is -1.90. The number of hydrogen-bond donors (Lipinski definition) is 0. The number of ether oxygens (including phenoxy) is 1. The first kappa shape index (κ1) is 23.2. The van der Waals surface area contributed by atoms with E-state index in [0.29, 0.717) is 0 Å². The second-order valence-electron chi connectivity index (χ2n) is 11.7. The van der Waals surface area contributed by atoms with Gasteiger partial charge in [-0.3, -0.25) is 4.57 Å². The molecule has 0 N–H and O–H groups in total. The lowest BCUT2D eigenvalue weighted by Crippen LogP contribution is -2.60. The second kappa shape index (κ2) is 6.66. The third kappa shape index (κ3) is 4.36. The summed E-state index contributed by atoms with van der Waals surface area (Å²) in [6.07, 6.45) is -0.220. The Kier molecular flexibility index (Phi) is 5.95. The van der Waals surface area contributed by atoms with E-state index in [1.165, 1.54) is 10.6 Å². The fraction of sp³-hybridized carbons (Fsp3) is 0.762. The van der Waals surface area contributed by atoms with Crippen LogP contribution >= 0.6 is 0 Å². The van der Waals surface area contributed by atoms with E-state index >= 15 is 0 Å². The Bertz CT molecular complexity index is 622. The molecule has 1 rings (SSSR count). The molecule has 26 heavy (non-hydrogen) atoms. The van der Waals surface area contributed by atoms with Crippen molar-refractivity contribution in [2.24, 2.45) is 0 Å². The van der Waals surface area contributed by atoms with Crippen molar-refractivity contribution in [3.05, 3.63) is 12.1 Å². The predicted octanol–water partition coefficient (Wildman–Crippen LogP) is 5.70. The van der Waals surface area contributed by atoms with Crippen molar-refractivity contribution in [1.82, 2.24) is 4.57 Å². The van der Waals surface area contributed by atoms with E-state index in [9.17, 15) is 4.79 Å². The molecule has 0 aliphatic rings. The summed E-state index contributed by atoms with van der Waals surface area (Å²) in [4.78, 5) is 13.3. The second-order valence-corrected chi connectivity index (χ2v) is 22.2. The highest BCUT2D eigenvalue weighted by molar-refractivity contribution is 6.94. The molecule has 0 saturated carbocycles. The van der Waals surface area contributed by atoms with Crippen molar-refractivity contribution in [1.29, 1.82) is 0 Å². The Morgan fingerprint density at radius 3 is 1.31 bits per heavy atom. The van der Waals surface area contributed by atoms with E-state index in [4.69, 9.17) is 4.74 Å². The summed E-state index contributed by atoms with van der Waals surface area (Å²) in [6, 6.07) is 4.41. The SMILES string of the molecule is CC(C)(C)OC(=O)n1c([Si](C)(C)C(C)(C)C)ccc1[Si](C)(C)C(C)(C)C. The molecule has 0 aliphatic carbocycles. The molecule has 0 aliphatic heterocycles. The van der Waals surface area contributed by atoms with Crippen molar-refractivity contribution in [2.75, 3.05) is 0 Å². The lowest BCUT2D eigenvalue weighted by Gasteiger charge is -2.40. The normalized spacial score (nSPS) is 14.5. The molecule has 0 unspecified atom stereocenters. The number of rotatable bonds is 2. The summed E-state index contributed by atoms with van der Waals surface area (Å²) in [5.41, 5.74) is -0.503. The van der Waals surface area contributed by atoms with Gasteiger partial charge in [0.15, 0.2) is 0 Å². The van der Waals surface area contributed by atoms with Gasteiger partial charge in [0.25, 0.3) is 0 Å². The molecule has 0 spiro atoms. The smallest absolute Gasteiger partial charge is 0.418 e. The Labute approximate surface area is 163 Å². The molecule has 1 aromatic heterocycles. The molecule has 0 radical (unpaired) electrons. The number of nitrogens with zero attached hydrogens (tertiary/aromatic N) is 1. The minimum absolute atomic E-state index is 0.149. The van der Waals surface area contributed by atoms with Crippen molar-refractivity contribution in [3.63, 3.8) is 0 Å². The fourth-order valence-corrected chi connectivity index (χ4v) is 6.88. The molecule has 0 bridgehead atoms. The number of carbonyl (C=O) groups excluding carboxylic acids is 1. The number of hydrogen-bond acceptors (Lipinski definition) is 2. The van der Waals surface area contributed by atoms with Gasteiger partial charge in [0.2, 0.25) is 0 Å². The summed E-state index contributed by atoms with van der Waals surface area (Å²) in [5, 5.41) is 2.66. The van der Waals surface area contributed by atoms with Gasteiger partial charge in [-0.15, -0.1) is 0 Å². The fourth-order valence-electron chi connectivity index (χ4n) is 2.69. The van der Waals surface area contributed by atoms with Crippen molar-refractivity contribution in [2.45, 2.75) is 104 Å². The molecule has 0 amide bonds. The van der Waals surface area contributed by atoms with Crippen LogP contribution in [0.1, 0.15) is 62.3 Å². The van der Waals surface area contributed by atoms with Crippen LogP contribution in [0.2, 0.25) is 36.3 Å². The highest BCUT2D eigenvalue weighted by Gasteiger charge is 2.45. The summed E-state index contributed by atoms with van der Waals surface area (Å²) in [6.45, 7) is 29.0. The van der Waals surface area contributed by atoms with Crippen molar-refractivity contribution in [3.8, 4) is 0 Å². The van der Waals surface area contributed by atoms with Crippen LogP contribution < -0.4 is 10.6 Å². The molecule has 0 aromatic carbocycles. The molecule has 150 valence electrons. The average molecular weight is 396 g/mol. The zero-order chi connectivity index (χ0) is 20.9. The zero-order valence-electron chi connectivity index (χ0n) is 19.4. The Morgan fingerprint density at radius 2 is 1.08 bits per heavy atom. The Hall–Kier alpha value is -0.816. The van der Waals surface area contributed by atoms with Gasteiger partial charge in [-0.05, 0) is 43.0 Å². The molecule has 0 fully saturated rings. The van der Waals surface area contributed by atoms with Crippen LogP contribution in [0, 0.1) is 0 Å². The van der Waals surface area contributed by atoms with Gasteiger partial charge >= 0.3 is 6.09 Å². The Balaban J connectivity index is 3.74. The van der Waals surface area contributed by atoms with Crippen LogP contribution in [-0.4, -0.2) is 32.4 Å². The standard InChI is InChI=1S/C21H41NO2Si2/c1-19(2,3)24-18(23)22-16(25(10,11)20(4,5)6)14-15-17(22)26(12,13)21(7,8)9/h14-15H,1-13H3. The van der Waals surface area contributed by atoms with Gasteiger partial charge in [0.1, 0.15) is 21.7 Å². The molecule has 0 atom stereocenters. The third-order valence-electron chi connectivity index (χ3n) is 6.49. The van der Waals surface area contributed by atoms with Gasteiger partial charge in [0, 0.05) is 10.6 Å². The summed E-state index contributed by atoms with van der Waals surface area (Å²) >= 11 is 0. The first-order valence-corrected chi connectivity index (χ1v) is 15.7. The van der Waals surface area contributed by atoms with Gasteiger partial charge in [-0.1, -0.05) is 67.7 Å². The Morgan fingerprint density at radius 1 is 0.769 bits per heavy atom. The van der Waals surface area contributed by atoms with E-state index in [1.54, 1.807) is 0 Å². The quantitative estimate of drug-likeness (QED) is 0.601. The van der Waals surface area contributed by atoms with Crippen LogP contribution in [0.5, 0.6) is 0 Å². The zero-order valence-corrected chi connectivity index (χ0v) is 21.4. The van der Waals surface area contributed by atoms with E-state index in [1.807, 2.05) is 25.3 Å². The van der Waals surface area contributed by atoms with E-state index in [0.717, 1.165) is 0 Å². The first-order valence-electron chi connectivity index (χ1n) is 9.69. The van der Waals surface area contributed by atoms with Crippen LogP contribution in [-0.2, 0) is 4.74 Å². The van der Waals surface area contributed by atoms with Gasteiger partial charge in [-0.25, -0.2) is 4.79 Å². The summed E-state index contributed by atoms with van der Waals surface area (Å²) < 4.78 is 7.81. The van der Waals surface area contributed by atoms with E-state index < -0.39 is 21.7 Å². The maximum absolute atomic E-state index is 13.3. The van der Waals surface area contributed by atoms with E-state index in [2.05, 4.69) is 79.9 Å². The summed E-state index contributed by atoms with van der Waals surface area (Å²) in [5.74, 6) is 0. The largest absolute Gasteiger partial charge is 0.443 e. The molecule has 3 nitrogen and oxygen atoms in total. The molecular formula is C21H41NO2Si2. The monoisotopic (exact) mass is 395 g/mol. The van der Waals surface area contributed by atoms with Gasteiger partial charge in [-0.2, -0.15) is 0 Å². The third-order valence-corrected chi connectivity index (χ3v) is 17.3. The highest BCUT2D eigenvalue weighted by atomic mass is 28.3. The molecule has 1 heterocycles. The highest BCUT2D eigenvalue weighted by Crippen LogP contribution is 2.38. The first-order chi connectivity index (χ1) is 11.2. The lowest BCUT2D eigenvalue weighted by molar-refractivity contribution is 0.0546. The molecule has 1 aromatic rings. The van der Waals surface area contributed by atoms with Crippen molar-refractivity contribution >= 4 is 32.9 Å². The predicted molar refractivity (Wildman–Crippen MR) is 120 cm³/mol. The minimum Gasteiger partial charge on any atom is -0.443 e. The average Bonchev–Trinajstić information content (AvgIpc) is 2.79. The topological polar surface area (TPSA) is 31.2 Å². The maximum Gasteiger partial charge on any atom is 0.418 e. The lowest BCUT2D eigenvalue weighted by atomic mass is 10.2. The van der Waals surface area contributed by atoms with E-state index in [-0.39, 0.29) is 16.2 Å². The van der Waals surface area contributed by atoms with Crippen LogP contribution in [0.25, 0.3) is 0 Å². The van der Waals surface area contributed by atoms with Gasteiger partial charge in [0.05, 0.1) is 0 Å². The molecular weight excluding hydrogens is 354 g/mol. The number of carbonyl (C=O) groups is 1. The van der Waals surface area contributed by atoms with Gasteiger partial charge < -0.3 is 4.74 Å². The number of aromatic nitrogens is 1. The van der Waals surface area contributed by atoms with Crippen LogP contribution in [0.3, 0.4) is 0 Å². The van der Waals surface area contributed by atoms with Crippen LogP contribution in [0.4, 0.5) is 4.79 Å². The maximum atomic E-state index is 13.3. The van der Waals surface area contributed by atoms with Crippen LogP contribution in [0.15, 0.2) is 12.1 Å². The summed E-state index contributed by atoms with van der Waals surface area (Å²) in [7, 11) is -3.79.